The molecule has 0 bridgehead atoms. The Morgan fingerprint density at radius 3 is 2.94 bits per heavy atom. The van der Waals surface area contributed by atoms with Gasteiger partial charge in [-0.15, -0.1) is 11.3 Å². The number of pyridine rings is 1. The molecule has 2 heterocycles. The lowest BCUT2D eigenvalue weighted by atomic mass is 10.1. The number of nitrogens with two attached hydrogens (primary N) is 1. The minimum absolute atomic E-state index is 0.199. The molecule has 0 aliphatic rings. The van der Waals surface area contributed by atoms with Gasteiger partial charge in [0.15, 0.2) is 0 Å². The van der Waals surface area contributed by atoms with Gasteiger partial charge in [0.1, 0.15) is 0 Å². The summed E-state index contributed by atoms with van der Waals surface area (Å²) in [5.41, 5.74) is 5.10. The Hall–Kier alpha value is -1.30. The van der Waals surface area contributed by atoms with E-state index in [0.29, 0.717) is 0 Å². The average molecular weight is 248 g/mol. The number of hydrogen-bond donors (Lipinski definition) is 2. The first-order chi connectivity index (χ1) is 8.28. The number of hydrogen-bond acceptors (Lipinski definition) is 5. The van der Waals surface area contributed by atoms with E-state index in [9.17, 15) is 0 Å². The molecule has 2 aromatic heterocycles. The van der Waals surface area contributed by atoms with E-state index in [4.69, 9.17) is 5.84 Å². The predicted octanol–water partition coefficient (Wildman–Crippen LogP) is 1.46. The molecule has 0 amide bonds. The molecule has 2 rings (SSSR count). The molecule has 90 valence electrons. The first-order valence-corrected chi connectivity index (χ1v) is 6.42. The highest BCUT2D eigenvalue weighted by Crippen LogP contribution is 2.12. The van der Waals surface area contributed by atoms with Gasteiger partial charge < -0.3 is 0 Å². The van der Waals surface area contributed by atoms with Crippen LogP contribution in [0.15, 0.2) is 29.9 Å². The number of thiazole rings is 1. The minimum atomic E-state index is 0.199. The van der Waals surface area contributed by atoms with Crippen LogP contribution in [0.25, 0.3) is 0 Å². The maximum Gasteiger partial charge on any atom is 0.0944 e. The van der Waals surface area contributed by atoms with Crippen molar-refractivity contribution < 1.29 is 0 Å². The second-order valence-electron chi connectivity index (χ2n) is 4.02. The van der Waals surface area contributed by atoms with Gasteiger partial charge in [-0.2, -0.15) is 0 Å². The van der Waals surface area contributed by atoms with Crippen molar-refractivity contribution in [3.05, 3.63) is 46.2 Å². The van der Waals surface area contributed by atoms with Crippen molar-refractivity contribution in [3.8, 4) is 0 Å². The van der Waals surface area contributed by atoms with Gasteiger partial charge in [-0.05, 0) is 25.0 Å². The number of rotatable bonds is 5. The lowest BCUT2D eigenvalue weighted by molar-refractivity contribution is 0.520. The number of hydrazine groups is 1. The lowest BCUT2D eigenvalue weighted by Gasteiger charge is -2.14. The van der Waals surface area contributed by atoms with Crippen LogP contribution in [0.2, 0.25) is 0 Å². The fraction of sp³-hybridized carbons (Fsp3) is 0.333. The molecule has 17 heavy (non-hydrogen) atoms. The van der Waals surface area contributed by atoms with E-state index in [2.05, 4.69) is 26.8 Å². The Bertz CT molecular complexity index is 455. The fourth-order valence-corrected chi connectivity index (χ4v) is 2.55. The summed E-state index contributed by atoms with van der Waals surface area (Å²) < 4.78 is 0. The average Bonchev–Trinajstić information content (AvgIpc) is 2.75. The quantitative estimate of drug-likeness (QED) is 0.621. The van der Waals surface area contributed by atoms with Gasteiger partial charge >= 0.3 is 0 Å². The molecule has 0 radical (unpaired) electrons. The van der Waals surface area contributed by atoms with Crippen LogP contribution < -0.4 is 11.3 Å². The molecule has 3 N–H and O–H groups in total. The smallest absolute Gasteiger partial charge is 0.0944 e. The Morgan fingerprint density at radius 1 is 1.47 bits per heavy atom. The summed E-state index contributed by atoms with van der Waals surface area (Å²) in [7, 11) is 0. The Kier molecular flexibility index (Phi) is 4.19. The lowest BCUT2D eigenvalue weighted by Crippen LogP contribution is -2.38. The molecule has 0 aromatic carbocycles. The summed E-state index contributed by atoms with van der Waals surface area (Å²) in [6.07, 6.45) is 5.36. The maximum atomic E-state index is 5.58. The van der Waals surface area contributed by atoms with Crippen molar-refractivity contribution in [3.63, 3.8) is 0 Å². The van der Waals surface area contributed by atoms with Crippen LogP contribution in [0.5, 0.6) is 0 Å². The van der Waals surface area contributed by atoms with Crippen molar-refractivity contribution in [1.29, 1.82) is 0 Å². The van der Waals surface area contributed by atoms with Crippen LogP contribution in [0.1, 0.15) is 16.3 Å². The standard InChI is InChI=1S/C12H16N4S/c1-9-8-17-12(15-9)6-11(16-13)5-10-3-2-4-14-7-10/h2-4,7-8,11,16H,5-6,13H2,1H3. The van der Waals surface area contributed by atoms with Crippen LogP contribution in [0, 0.1) is 6.92 Å². The van der Waals surface area contributed by atoms with Gasteiger partial charge in [0.25, 0.3) is 0 Å². The number of nitrogens with zero attached hydrogens (tertiary/aromatic N) is 2. The monoisotopic (exact) mass is 248 g/mol. The zero-order chi connectivity index (χ0) is 12.1. The van der Waals surface area contributed by atoms with E-state index < -0.39 is 0 Å². The van der Waals surface area contributed by atoms with Crippen molar-refractivity contribution in [2.75, 3.05) is 0 Å². The van der Waals surface area contributed by atoms with Gasteiger partial charge in [-0.3, -0.25) is 16.3 Å². The molecule has 0 aliphatic heterocycles. The summed E-state index contributed by atoms with van der Waals surface area (Å²) in [5, 5.41) is 3.18. The van der Waals surface area contributed by atoms with Crippen molar-refractivity contribution in [2.45, 2.75) is 25.8 Å². The third kappa shape index (κ3) is 3.59. The number of aromatic nitrogens is 2. The highest BCUT2D eigenvalue weighted by molar-refractivity contribution is 7.09. The van der Waals surface area contributed by atoms with E-state index in [1.54, 1.807) is 17.5 Å². The molecular weight excluding hydrogens is 232 g/mol. The topological polar surface area (TPSA) is 63.8 Å². The molecule has 1 atom stereocenters. The highest BCUT2D eigenvalue weighted by atomic mass is 32.1. The summed E-state index contributed by atoms with van der Waals surface area (Å²) in [6.45, 7) is 2.01. The molecule has 0 fully saturated rings. The second kappa shape index (κ2) is 5.86. The van der Waals surface area contributed by atoms with E-state index in [1.165, 1.54) is 5.56 Å². The summed E-state index contributed by atoms with van der Waals surface area (Å²) in [6, 6.07) is 4.20. The molecule has 0 saturated carbocycles. The number of nitrogens with one attached hydrogen (secondary N) is 1. The third-order valence-electron chi connectivity index (χ3n) is 2.53. The van der Waals surface area contributed by atoms with Gasteiger partial charge in [-0.25, -0.2) is 4.98 Å². The molecule has 2 aromatic rings. The zero-order valence-electron chi connectivity index (χ0n) is 9.76. The van der Waals surface area contributed by atoms with Crippen molar-refractivity contribution in [2.24, 2.45) is 5.84 Å². The Labute approximate surface area is 105 Å². The Morgan fingerprint density at radius 2 is 2.35 bits per heavy atom. The van der Waals surface area contributed by atoms with Gasteiger partial charge in [0.2, 0.25) is 0 Å². The van der Waals surface area contributed by atoms with Crippen molar-refractivity contribution in [1.82, 2.24) is 15.4 Å². The minimum Gasteiger partial charge on any atom is -0.271 e. The SMILES string of the molecule is Cc1csc(CC(Cc2cccnc2)NN)n1. The number of aryl methyl sites for hydroxylation is 1. The first kappa shape index (κ1) is 12.2. The summed E-state index contributed by atoms with van der Waals surface area (Å²) in [4.78, 5) is 8.55. The highest BCUT2D eigenvalue weighted by Gasteiger charge is 2.11. The van der Waals surface area contributed by atoms with E-state index in [0.717, 1.165) is 23.5 Å². The van der Waals surface area contributed by atoms with Crippen LogP contribution in [0.3, 0.4) is 0 Å². The maximum absolute atomic E-state index is 5.58. The fourth-order valence-electron chi connectivity index (χ4n) is 1.70. The molecule has 0 saturated heterocycles. The molecule has 0 aliphatic carbocycles. The molecular formula is C12H16N4S. The molecule has 4 nitrogen and oxygen atoms in total. The van der Waals surface area contributed by atoms with E-state index in [1.807, 2.05) is 19.2 Å². The largest absolute Gasteiger partial charge is 0.271 e. The van der Waals surface area contributed by atoms with Crippen LogP contribution in [-0.2, 0) is 12.8 Å². The molecule has 0 spiro atoms. The van der Waals surface area contributed by atoms with Crippen LogP contribution >= 0.6 is 11.3 Å². The normalized spacial score (nSPS) is 12.6. The third-order valence-corrected chi connectivity index (χ3v) is 3.52. The molecule has 1 unspecified atom stereocenters. The second-order valence-corrected chi connectivity index (χ2v) is 4.96. The first-order valence-electron chi connectivity index (χ1n) is 5.54. The van der Waals surface area contributed by atoms with Gasteiger partial charge in [0.05, 0.1) is 5.01 Å². The summed E-state index contributed by atoms with van der Waals surface area (Å²) in [5.74, 6) is 5.58. The molecule has 5 heteroatoms. The van der Waals surface area contributed by atoms with Crippen LogP contribution in [0.4, 0.5) is 0 Å². The Balaban J connectivity index is 1.98. The van der Waals surface area contributed by atoms with E-state index in [-0.39, 0.29) is 6.04 Å². The predicted molar refractivity (Wildman–Crippen MR) is 69.6 cm³/mol. The van der Waals surface area contributed by atoms with Gasteiger partial charge in [-0.1, -0.05) is 6.07 Å². The van der Waals surface area contributed by atoms with E-state index >= 15 is 0 Å². The van der Waals surface area contributed by atoms with Gasteiger partial charge in [0, 0.05) is 35.9 Å². The zero-order valence-corrected chi connectivity index (χ0v) is 10.6. The van der Waals surface area contributed by atoms with Crippen molar-refractivity contribution >= 4 is 11.3 Å². The van der Waals surface area contributed by atoms with Crippen LogP contribution in [-0.4, -0.2) is 16.0 Å². The summed E-state index contributed by atoms with van der Waals surface area (Å²) >= 11 is 1.68.